The second kappa shape index (κ2) is 7.45. The van der Waals surface area contributed by atoms with E-state index in [4.69, 9.17) is 4.74 Å². The molecule has 2 bridgehead atoms. The molecule has 2 amide bonds. The van der Waals surface area contributed by atoms with Crippen molar-refractivity contribution in [1.29, 1.82) is 0 Å². The molecule has 2 saturated heterocycles. The second-order valence-electron chi connectivity index (χ2n) is 9.83. The Labute approximate surface area is 203 Å². The van der Waals surface area contributed by atoms with Crippen LogP contribution in [0.15, 0.2) is 34.8 Å². The first-order valence-electron chi connectivity index (χ1n) is 11.7. The number of pyridine rings is 1. The first-order chi connectivity index (χ1) is 17.1. The van der Waals surface area contributed by atoms with E-state index in [1.54, 1.807) is 4.90 Å². The maximum Gasteiger partial charge on any atom is 0.275 e. The van der Waals surface area contributed by atoms with E-state index in [9.17, 15) is 32.7 Å². The summed E-state index contributed by atoms with van der Waals surface area (Å²) in [5.41, 5.74) is -2.62. The summed E-state index contributed by atoms with van der Waals surface area (Å²) in [5.74, 6) is -5.86. The highest BCUT2D eigenvalue weighted by Crippen LogP contribution is 2.61. The summed E-state index contributed by atoms with van der Waals surface area (Å²) in [6.07, 6.45) is 5.08. The van der Waals surface area contributed by atoms with Crippen molar-refractivity contribution in [2.75, 3.05) is 13.2 Å². The van der Waals surface area contributed by atoms with Crippen LogP contribution in [-0.4, -0.2) is 50.7 Å². The lowest BCUT2D eigenvalue weighted by molar-refractivity contribution is -0.00454. The van der Waals surface area contributed by atoms with E-state index >= 15 is 0 Å². The fraction of sp³-hybridized carbons (Fsp3) is 0.400. The van der Waals surface area contributed by atoms with E-state index in [0.29, 0.717) is 38.1 Å². The molecule has 0 saturated carbocycles. The van der Waals surface area contributed by atoms with Gasteiger partial charge in [-0.15, -0.1) is 0 Å². The van der Waals surface area contributed by atoms with Gasteiger partial charge in [0.1, 0.15) is 28.6 Å². The Bertz CT molecular complexity index is 1430. The van der Waals surface area contributed by atoms with Crippen LogP contribution < -0.4 is 10.7 Å². The van der Waals surface area contributed by atoms with Gasteiger partial charge in [-0.2, -0.15) is 0 Å². The zero-order valence-corrected chi connectivity index (χ0v) is 19.2. The van der Waals surface area contributed by atoms with Gasteiger partial charge < -0.3 is 24.6 Å². The first kappa shape index (κ1) is 22.8. The zero-order valence-electron chi connectivity index (χ0n) is 19.2. The second-order valence-corrected chi connectivity index (χ2v) is 9.83. The Morgan fingerprint density at radius 1 is 1.25 bits per heavy atom. The molecule has 4 aliphatic rings. The van der Waals surface area contributed by atoms with E-state index in [1.807, 2.05) is 13.0 Å². The van der Waals surface area contributed by atoms with Gasteiger partial charge in [0.25, 0.3) is 11.8 Å². The highest BCUT2D eigenvalue weighted by Gasteiger charge is 2.67. The standard InChI is InChI=1S/C25H22F3N3O5/c1-24-4-2-5-31-23(35)19-21(33)20(32)14(11-30(19)18(3-6-36-24)25(31)9-17(24)25)22(34)29-10-13-15(27)7-12(26)8-16(13)28/h7-9,11,18,33H,2-6,10H2,1H3,(H,29,34)/t18-,24-,25-/m0/s1. The summed E-state index contributed by atoms with van der Waals surface area (Å²) in [4.78, 5) is 41.0. The van der Waals surface area contributed by atoms with Crippen molar-refractivity contribution in [3.63, 3.8) is 0 Å². The average Bonchev–Trinajstić information content (AvgIpc) is 3.57. The SMILES string of the molecule is C[C@@]12CCCN3C(=O)c4c(O)c(=O)c(C(=O)NCc5c(F)cc(F)cc5F)cn4[C@@H](CCO1)[C@@]31C=C12. The van der Waals surface area contributed by atoms with Gasteiger partial charge >= 0.3 is 0 Å². The molecule has 0 unspecified atom stereocenters. The van der Waals surface area contributed by atoms with E-state index in [1.165, 1.54) is 10.8 Å². The lowest BCUT2D eigenvalue weighted by Crippen LogP contribution is -2.55. The number of nitrogens with zero attached hydrogens (tertiary/aromatic N) is 2. The van der Waals surface area contributed by atoms with Gasteiger partial charge in [0.05, 0.1) is 11.6 Å². The van der Waals surface area contributed by atoms with Crippen LogP contribution in [0.2, 0.25) is 0 Å². The minimum atomic E-state index is -1.19. The Kier molecular flexibility index (Phi) is 4.73. The van der Waals surface area contributed by atoms with Crippen molar-refractivity contribution in [3.05, 3.63) is 74.5 Å². The molecular weight excluding hydrogens is 479 g/mol. The summed E-state index contributed by atoms with van der Waals surface area (Å²) in [5, 5.41) is 13.0. The van der Waals surface area contributed by atoms with Gasteiger partial charge in [-0.1, -0.05) is 0 Å². The zero-order chi connectivity index (χ0) is 25.6. The van der Waals surface area contributed by atoms with Crippen LogP contribution in [0, 0.1) is 17.5 Å². The number of benzene rings is 1. The third kappa shape index (κ3) is 2.95. The molecule has 1 spiro atoms. The molecule has 1 aliphatic carbocycles. The highest BCUT2D eigenvalue weighted by atomic mass is 19.1. The lowest BCUT2D eigenvalue weighted by Gasteiger charge is -2.44. The highest BCUT2D eigenvalue weighted by molar-refractivity contribution is 6.00. The minimum absolute atomic E-state index is 0.201. The molecule has 4 heterocycles. The molecule has 2 fully saturated rings. The molecule has 2 aromatic rings. The maximum absolute atomic E-state index is 14.0. The largest absolute Gasteiger partial charge is 0.503 e. The minimum Gasteiger partial charge on any atom is -0.503 e. The molecule has 3 atom stereocenters. The molecule has 188 valence electrons. The maximum atomic E-state index is 14.0. The summed E-state index contributed by atoms with van der Waals surface area (Å²) in [6, 6.07) is 0.552. The number of hydrogen-bond acceptors (Lipinski definition) is 5. The number of ether oxygens (including phenoxy) is 1. The number of amides is 2. The molecule has 6 rings (SSSR count). The van der Waals surface area contributed by atoms with Crippen LogP contribution in [0.3, 0.4) is 0 Å². The molecule has 3 aliphatic heterocycles. The van der Waals surface area contributed by atoms with E-state index in [2.05, 4.69) is 5.32 Å². The van der Waals surface area contributed by atoms with E-state index in [0.717, 1.165) is 12.0 Å². The van der Waals surface area contributed by atoms with Crippen LogP contribution in [0.1, 0.15) is 58.6 Å². The number of fused-ring (bicyclic) bond motifs is 2. The topological polar surface area (TPSA) is 101 Å². The quantitative estimate of drug-likeness (QED) is 0.630. The lowest BCUT2D eigenvalue weighted by atomic mass is 9.87. The van der Waals surface area contributed by atoms with Gasteiger partial charge in [-0.25, -0.2) is 13.2 Å². The van der Waals surface area contributed by atoms with Crippen LogP contribution in [0.25, 0.3) is 0 Å². The summed E-state index contributed by atoms with van der Waals surface area (Å²) in [7, 11) is 0. The number of carbonyl (C=O) groups excluding carboxylic acids is 2. The third-order valence-electron chi connectivity index (χ3n) is 7.85. The Balaban J connectivity index is 1.40. The summed E-state index contributed by atoms with van der Waals surface area (Å²) < 4.78 is 48.8. The number of nitrogens with one attached hydrogen (secondary N) is 1. The predicted octanol–water partition coefficient (Wildman–Crippen LogP) is 2.55. The van der Waals surface area contributed by atoms with E-state index in [-0.39, 0.29) is 5.69 Å². The Morgan fingerprint density at radius 2 is 1.97 bits per heavy atom. The van der Waals surface area contributed by atoms with Crippen molar-refractivity contribution in [2.45, 2.75) is 49.9 Å². The van der Waals surface area contributed by atoms with E-state index < -0.39 is 75.3 Å². The summed E-state index contributed by atoms with van der Waals surface area (Å²) >= 11 is 0. The number of aromatic nitrogens is 1. The predicted molar refractivity (Wildman–Crippen MR) is 119 cm³/mol. The van der Waals surface area contributed by atoms with Crippen molar-refractivity contribution in [3.8, 4) is 5.75 Å². The normalized spacial score (nSPS) is 27.9. The number of halogens is 3. The van der Waals surface area contributed by atoms with Crippen molar-refractivity contribution >= 4 is 11.8 Å². The van der Waals surface area contributed by atoms with Crippen molar-refractivity contribution < 1.29 is 32.6 Å². The average molecular weight is 501 g/mol. The number of rotatable bonds is 3. The van der Waals surface area contributed by atoms with Crippen LogP contribution in [-0.2, 0) is 11.3 Å². The summed E-state index contributed by atoms with van der Waals surface area (Å²) in [6.45, 7) is 2.14. The smallest absolute Gasteiger partial charge is 0.275 e. The molecular formula is C25H22F3N3O5. The fourth-order valence-electron chi connectivity index (χ4n) is 6.09. The number of aromatic hydroxyl groups is 1. The van der Waals surface area contributed by atoms with Gasteiger partial charge in [-0.3, -0.25) is 14.4 Å². The number of carbonyl (C=O) groups is 2. The molecule has 2 N–H and O–H groups in total. The van der Waals surface area contributed by atoms with Crippen LogP contribution >= 0.6 is 0 Å². The fourth-order valence-corrected chi connectivity index (χ4v) is 6.09. The Hall–Kier alpha value is -3.60. The van der Waals surface area contributed by atoms with Gasteiger partial charge in [0.2, 0.25) is 5.43 Å². The number of hydrogen-bond donors (Lipinski definition) is 2. The molecule has 8 nitrogen and oxygen atoms in total. The molecule has 11 heteroatoms. The monoisotopic (exact) mass is 501 g/mol. The van der Waals surface area contributed by atoms with Crippen LogP contribution in [0.4, 0.5) is 13.2 Å². The first-order valence-corrected chi connectivity index (χ1v) is 11.7. The Morgan fingerprint density at radius 3 is 2.69 bits per heavy atom. The molecule has 36 heavy (non-hydrogen) atoms. The van der Waals surface area contributed by atoms with Gasteiger partial charge in [-0.05, 0) is 37.8 Å². The van der Waals surface area contributed by atoms with Crippen molar-refractivity contribution in [1.82, 2.24) is 14.8 Å². The molecule has 0 radical (unpaired) electrons. The molecule has 1 aromatic carbocycles. The van der Waals surface area contributed by atoms with Crippen molar-refractivity contribution in [2.24, 2.45) is 0 Å². The van der Waals surface area contributed by atoms with Gasteiger partial charge in [0, 0.05) is 43.6 Å². The third-order valence-corrected chi connectivity index (χ3v) is 7.85. The van der Waals surface area contributed by atoms with Gasteiger partial charge in [0.15, 0.2) is 11.4 Å². The van der Waals surface area contributed by atoms with Crippen LogP contribution in [0.5, 0.6) is 5.75 Å². The molecule has 1 aromatic heterocycles.